The molecule has 3 rings (SSSR count). The van der Waals surface area contributed by atoms with E-state index in [1.165, 1.54) is 0 Å². The van der Waals surface area contributed by atoms with E-state index >= 15 is 0 Å². The zero-order valence-electron chi connectivity index (χ0n) is 14.2. The number of carbonyl (C=O) groups is 2. The van der Waals surface area contributed by atoms with Crippen molar-refractivity contribution in [3.05, 3.63) is 18.2 Å². The highest BCUT2D eigenvalue weighted by atomic mass is 35.5. The van der Waals surface area contributed by atoms with Crippen LogP contribution in [0.2, 0.25) is 0 Å². The molecule has 1 aromatic rings. The number of nitrogens with zero attached hydrogens (tertiary/aromatic N) is 1. The summed E-state index contributed by atoms with van der Waals surface area (Å²) in [5.41, 5.74) is 0.743. The van der Waals surface area contributed by atoms with Crippen molar-refractivity contribution in [3.8, 4) is 11.5 Å². The highest BCUT2D eigenvalue weighted by Crippen LogP contribution is 2.35. The number of hydrogen-bond donors (Lipinski definition) is 2. The number of amides is 2. The highest BCUT2D eigenvalue weighted by molar-refractivity contribution is 6.09. The van der Waals surface area contributed by atoms with Crippen LogP contribution in [0.5, 0.6) is 11.5 Å². The number of benzene rings is 1. The van der Waals surface area contributed by atoms with Crippen molar-refractivity contribution in [2.75, 3.05) is 44.3 Å². The molecular weight excluding hydrogens is 346 g/mol. The minimum Gasteiger partial charge on any atom is -0.486 e. The molecule has 2 aliphatic rings. The van der Waals surface area contributed by atoms with Crippen LogP contribution < -0.4 is 25.0 Å². The smallest absolute Gasteiger partial charge is 0.239 e. The molecule has 1 unspecified atom stereocenters. The molecule has 0 radical (unpaired) electrons. The summed E-state index contributed by atoms with van der Waals surface area (Å²) in [5, 5.41) is 5.95. The van der Waals surface area contributed by atoms with Gasteiger partial charge in [-0.2, -0.15) is 0 Å². The second-order valence-electron chi connectivity index (χ2n) is 5.80. The van der Waals surface area contributed by atoms with Gasteiger partial charge in [-0.1, -0.05) is 6.92 Å². The lowest BCUT2D eigenvalue weighted by Gasteiger charge is -2.22. The molecule has 2 aliphatic heterocycles. The highest BCUT2D eigenvalue weighted by Gasteiger charge is 2.37. The SMILES string of the molecule is CCNCCNC(=O)C1CCN(c2ccc3c(c2)OCCO3)C1=O.Cl. The van der Waals surface area contributed by atoms with E-state index in [9.17, 15) is 9.59 Å². The van der Waals surface area contributed by atoms with E-state index in [-0.39, 0.29) is 24.2 Å². The summed E-state index contributed by atoms with van der Waals surface area (Å²) < 4.78 is 11.1. The number of halogens is 1. The van der Waals surface area contributed by atoms with Crippen molar-refractivity contribution in [1.82, 2.24) is 10.6 Å². The number of ether oxygens (including phenoxy) is 2. The normalized spacial score (nSPS) is 18.7. The van der Waals surface area contributed by atoms with Gasteiger partial charge >= 0.3 is 0 Å². The van der Waals surface area contributed by atoms with Gasteiger partial charge in [0.05, 0.1) is 0 Å². The van der Waals surface area contributed by atoms with Crippen LogP contribution in [0, 0.1) is 5.92 Å². The Bertz CT molecular complexity index is 626. The molecule has 8 heteroatoms. The van der Waals surface area contributed by atoms with Crippen molar-refractivity contribution < 1.29 is 19.1 Å². The third-order valence-electron chi connectivity index (χ3n) is 4.21. The Balaban J connectivity index is 0.00000225. The molecule has 2 amide bonds. The minimum absolute atomic E-state index is 0. The van der Waals surface area contributed by atoms with E-state index in [2.05, 4.69) is 10.6 Å². The summed E-state index contributed by atoms with van der Waals surface area (Å²) in [6.07, 6.45) is 0.528. The Morgan fingerprint density at radius 2 is 2.00 bits per heavy atom. The monoisotopic (exact) mass is 369 g/mol. The van der Waals surface area contributed by atoms with Gasteiger partial charge in [0.15, 0.2) is 11.5 Å². The number of carbonyl (C=O) groups excluding carboxylic acids is 2. The fourth-order valence-electron chi connectivity index (χ4n) is 2.95. The van der Waals surface area contributed by atoms with Crippen molar-refractivity contribution in [1.29, 1.82) is 0 Å². The van der Waals surface area contributed by atoms with Gasteiger partial charge in [-0.05, 0) is 25.1 Å². The van der Waals surface area contributed by atoms with Crippen LogP contribution in [0.15, 0.2) is 18.2 Å². The topological polar surface area (TPSA) is 79.9 Å². The lowest BCUT2D eigenvalue weighted by atomic mass is 10.1. The molecule has 1 saturated heterocycles. The Hall–Kier alpha value is -1.99. The molecule has 1 fully saturated rings. The Labute approximate surface area is 153 Å². The van der Waals surface area contributed by atoms with Crippen molar-refractivity contribution in [2.45, 2.75) is 13.3 Å². The summed E-state index contributed by atoms with van der Waals surface area (Å²) in [4.78, 5) is 26.4. The van der Waals surface area contributed by atoms with Crippen LogP contribution in [0.4, 0.5) is 5.69 Å². The average Bonchev–Trinajstić information content (AvgIpc) is 2.99. The molecule has 0 aromatic heterocycles. The van der Waals surface area contributed by atoms with Crippen LogP contribution >= 0.6 is 12.4 Å². The predicted octanol–water partition coefficient (Wildman–Crippen LogP) is 0.958. The standard InChI is InChI=1S/C17H23N3O4.ClH/c1-2-18-6-7-19-16(21)13-5-8-20(17(13)22)12-3-4-14-15(11-12)24-10-9-23-14;/h3-4,11,13,18H,2,5-10H2,1H3,(H,19,21);1H. The van der Waals surface area contributed by atoms with Crippen LogP contribution in [-0.4, -0.2) is 51.2 Å². The lowest BCUT2D eigenvalue weighted by molar-refractivity contribution is -0.132. The van der Waals surface area contributed by atoms with E-state index < -0.39 is 5.92 Å². The van der Waals surface area contributed by atoms with Gasteiger partial charge in [-0.3, -0.25) is 9.59 Å². The summed E-state index contributed by atoms with van der Waals surface area (Å²) in [7, 11) is 0. The van der Waals surface area contributed by atoms with Gasteiger partial charge in [-0.15, -0.1) is 12.4 Å². The van der Waals surface area contributed by atoms with Crippen LogP contribution in [0.3, 0.4) is 0 Å². The molecule has 2 N–H and O–H groups in total. The Morgan fingerprint density at radius 1 is 1.24 bits per heavy atom. The van der Waals surface area contributed by atoms with E-state index in [0.29, 0.717) is 50.8 Å². The second-order valence-corrected chi connectivity index (χ2v) is 5.80. The number of likely N-dealkylation sites (N-methyl/N-ethyl adjacent to an activating group) is 1. The molecule has 0 saturated carbocycles. The molecule has 0 bridgehead atoms. The number of hydrogen-bond acceptors (Lipinski definition) is 5. The quantitative estimate of drug-likeness (QED) is 0.576. The van der Waals surface area contributed by atoms with Gasteiger partial charge in [-0.25, -0.2) is 0 Å². The minimum atomic E-state index is -0.611. The molecule has 1 atom stereocenters. The first kappa shape index (κ1) is 19.3. The first-order chi connectivity index (χ1) is 11.7. The van der Waals surface area contributed by atoms with E-state index in [4.69, 9.17) is 9.47 Å². The fourth-order valence-corrected chi connectivity index (χ4v) is 2.95. The van der Waals surface area contributed by atoms with Gasteiger partial charge in [0, 0.05) is 31.4 Å². The van der Waals surface area contributed by atoms with Crippen molar-refractivity contribution >= 4 is 29.9 Å². The molecule has 2 heterocycles. The first-order valence-corrected chi connectivity index (χ1v) is 8.40. The summed E-state index contributed by atoms with van der Waals surface area (Å²) in [5.74, 6) is 0.366. The molecule has 0 spiro atoms. The average molecular weight is 370 g/mol. The molecule has 0 aliphatic carbocycles. The third kappa shape index (κ3) is 4.35. The van der Waals surface area contributed by atoms with Crippen LogP contribution in [-0.2, 0) is 9.59 Å². The van der Waals surface area contributed by atoms with Gasteiger partial charge in [0.1, 0.15) is 19.1 Å². The van der Waals surface area contributed by atoms with Crippen LogP contribution in [0.25, 0.3) is 0 Å². The number of fused-ring (bicyclic) bond motifs is 1. The van der Waals surface area contributed by atoms with Crippen molar-refractivity contribution in [3.63, 3.8) is 0 Å². The maximum Gasteiger partial charge on any atom is 0.239 e. The summed E-state index contributed by atoms with van der Waals surface area (Å²) in [6.45, 7) is 5.66. The number of nitrogens with one attached hydrogen (secondary N) is 2. The van der Waals surface area contributed by atoms with Gasteiger partial charge < -0.3 is 25.0 Å². The lowest BCUT2D eigenvalue weighted by Crippen LogP contribution is -2.39. The number of anilines is 1. The van der Waals surface area contributed by atoms with E-state index in [1.54, 1.807) is 17.0 Å². The van der Waals surface area contributed by atoms with E-state index in [1.807, 2.05) is 13.0 Å². The Kier molecular flexibility index (Phi) is 6.90. The van der Waals surface area contributed by atoms with Crippen molar-refractivity contribution in [2.24, 2.45) is 5.92 Å². The maximum absolute atomic E-state index is 12.6. The largest absolute Gasteiger partial charge is 0.486 e. The Morgan fingerprint density at radius 3 is 2.76 bits per heavy atom. The maximum atomic E-state index is 12.6. The van der Waals surface area contributed by atoms with E-state index in [0.717, 1.165) is 12.2 Å². The predicted molar refractivity (Wildman–Crippen MR) is 96.7 cm³/mol. The molecular formula is C17H24ClN3O4. The zero-order valence-corrected chi connectivity index (χ0v) is 15.1. The zero-order chi connectivity index (χ0) is 16.9. The molecule has 7 nitrogen and oxygen atoms in total. The molecule has 138 valence electrons. The van der Waals surface area contributed by atoms with Gasteiger partial charge in [0.25, 0.3) is 0 Å². The van der Waals surface area contributed by atoms with Gasteiger partial charge in [0.2, 0.25) is 11.8 Å². The second kappa shape index (κ2) is 8.92. The summed E-state index contributed by atoms with van der Waals surface area (Å²) in [6, 6.07) is 5.44. The third-order valence-corrected chi connectivity index (χ3v) is 4.21. The summed E-state index contributed by atoms with van der Waals surface area (Å²) >= 11 is 0. The van der Waals surface area contributed by atoms with Crippen LogP contribution in [0.1, 0.15) is 13.3 Å². The molecule has 1 aromatic carbocycles. The fraction of sp³-hybridized carbons (Fsp3) is 0.529. The first-order valence-electron chi connectivity index (χ1n) is 8.40. The molecule has 25 heavy (non-hydrogen) atoms. The number of rotatable bonds is 6.